The monoisotopic (exact) mass is 773 g/mol. The molecule has 2 nitrogen and oxygen atoms in total. The van der Waals surface area contributed by atoms with E-state index in [0.717, 1.165) is 28.1 Å². The predicted octanol–water partition coefficient (Wildman–Crippen LogP) is 15.4. The number of ether oxygens (including phenoxy) is 1. The van der Waals surface area contributed by atoms with E-state index >= 15 is 0 Å². The zero-order chi connectivity index (χ0) is 39.8. The van der Waals surface area contributed by atoms with Crippen molar-refractivity contribution in [3.8, 4) is 72.8 Å². The van der Waals surface area contributed by atoms with Gasteiger partial charge in [-0.15, -0.1) is 0 Å². The summed E-state index contributed by atoms with van der Waals surface area (Å²) in [5.74, 6) is 1.78. The van der Waals surface area contributed by atoms with Crippen molar-refractivity contribution in [3.05, 3.63) is 235 Å². The van der Waals surface area contributed by atoms with Crippen LogP contribution in [0, 0.1) is 0 Å². The number of hydrogen-bond donors (Lipinski definition) is 0. The topological polar surface area (TPSA) is 14.2 Å². The Morgan fingerprint density at radius 2 is 0.902 bits per heavy atom. The normalized spacial score (nSPS) is 13.5. The molecular weight excluding hydrogens is 739 g/mol. The second-order valence-electron chi connectivity index (χ2n) is 16.7. The van der Waals surface area contributed by atoms with Crippen molar-refractivity contribution in [2.75, 3.05) is 0 Å². The lowest BCUT2D eigenvalue weighted by atomic mass is 9.70. The third kappa shape index (κ3) is 4.26. The van der Waals surface area contributed by atoms with Crippen LogP contribution < -0.4 is 4.74 Å². The van der Waals surface area contributed by atoms with Gasteiger partial charge in [0, 0.05) is 27.4 Å². The third-order valence-corrected chi connectivity index (χ3v) is 13.8. The van der Waals surface area contributed by atoms with Gasteiger partial charge in [0.1, 0.15) is 11.5 Å². The van der Waals surface area contributed by atoms with Crippen LogP contribution in [-0.4, -0.2) is 4.57 Å². The smallest absolute Gasteiger partial charge is 0.135 e. The molecule has 0 bridgehead atoms. The van der Waals surface area contributed by atoms with Crippen molar-refractivity contribution in [3.63, 3.8) is 0 Å². The van der Waals surface area contributed by atoms with Crippen LogP contribution in [0.2, 0.25) is 0 Å². The molecule has 2 heteroatoms. The maximum Gasteiger partial charge on any atom is 0.135 e. The molecule has 0 atom stereocenters. The van der Waals surface area contributed by atoms with Crippen molar-refractivity contribution in [1.29, 1.82) is 0 Å². The highest BCUT2D eigenvalue weighted by Crippen LogP contribution is 2.64. The molecule has 2 heterocycles. The van der Waals surface area contributed by atoms with Gasteiger partial charge in [0.25, 0.3) is 0 Å². The second kappa shape index (κ2) is 12.1. The van der Waals surface area contributed by atoms with Gasteiger partial charge >= 0.3 is 0 Å². The van der Waals surface area contributed by atoms with E-state index in [1.165, 1.54) is 99.5 Å². The summed E-state index contributed by atoms with van der Waals surface area (Å²) in [6.45, 7) is 0. The minimum Gasteiger partial charge on any atom is -0.456 e. The van der Waals surface area contributed by atoms with Crippen LogP contribution in [0.5, 0.6) is 11.5 Å². The first kappa shape index (κ1) is 33.0. The summed E-state index contributed by atoms with van der Waals surface area (Å²) in [7, 11) is 0. The van der Waals surface area contributed by atoms with E-state index in [2.05, 4.69) is 217 Å². The minimum atomic E-state index is -0.382. The molecule has 0 radical (unpaired) electrons. The molecule has 61 heavy (non-hydrogen) atoms. The fourth-order valence-corrected chi connectivity index (χ4v) is 11.4. The van der Waals surface area contributed by atoms with Crippen LogP contribution in [0.3, 0.4) is 0 Å². The van der Waals surface area contributed by atoms with Crippen molar-refractivity contribution in [1.82, 2.24) is 4.57 Å². The summed E-state index contributed by atoms with van der Waals surface area (Å²) < 4.78 is 9.19. The van der Waals surface area contributed by atoms with E-state index < -0.39 is 0 Å². The molecule has 0 N–H and O–H groups in total. The van der Waals surface area contributed by atoms with E-state index in [1.807, 2.05) is 0 Å². The predicted molar refractivity (Wildman–Crippen MR) is 251 cm³/mol. The fourth-order valence-electron chi connectivity index (χ4n) is 11.4. The number of nitrogens with zero attached hydrogens (tertiary/aromatic N) is 1. The van der Waals surface area contributed by atoms with Gasteiger partial charge in [-0.25, -0.2) is 0 Å². The molecule has 14 rings (SSSR count). The summed E-state index contributed by atoms with van der Waals surface area (Å²) >= 11 is 0. The number of aromatic nitrogens is 1. The van der Waals surface area contributed by atoms with Gasteiger partial charge in [0.05, 0.1) is 16.4 Å². The van der Waals surface area contributed by atoms with Crippen molar-refractivity contribution in [2.45, 2.75) is 5.41 Å². The highest BCUT2D eigenvalue weighted by atomic mass is 16.5. The highest BCUT2D eigenvalue weighted by Gasteiger charge is 2.52. The quantitative estimate of drug-likeness (QED) is 0.174. The molecule has 282 valence electrons. The van der Waals surface area contributed by atoms with Crippen molar-refractivity contribution in [2.24, 2.45) is 0 Å². The number of rotatable bonds is 3. The molecule has 2 aliphatic carbocycles. The standard InChI is InChI=1S/C59H35NO/c1-2-14-38(15-3-1)60-53-27-11-7-18-43(53)47-34-36(28-31-54(47)60)39-30-33-56-58-44(39)21-12-22-45(58)48-35-37(29-32-55(48)61-56)40-20-13-26-52-57(40)46-19-6-10-25-51(46)59(52)49-23-8-4-16-41(49)42-17-5-9-24-50(42)59/h1-35H. The van der Waals surface area contributed by atoms with Crippen LogP contribution in [0.15, 0.2) is 212 Å². The van der Waals surface area contributed by atoms with Crippen LogP contribution >= 0.6 is 0 Å². The lowest BCUT2D eigenvalue weighted by molar-refractivity contribution is 0.487. The molecule has 1 aliphatic heterocycles. The lowest BCUT2D eigenvalue weighted by Gasteiger charge is -2.30. The molecule has 0 saturated heterocycles. The van der Waals surface area contributed by atoms with Crippen LogP contribution in [0.4, 0.5) is 0 Å². The minimum absolute atomic E-state index is 0.382. The summed E-state index contributed by atoms with van der Waals surface area (Å²) in [5.41, 5.74) is 21.0. The zero-order valence-corrected chi connectivity index (χ0v) is 33.1. The molecule has 0 saturated carbocycles. The Hall–Kier alpha value is -7.94. The first-order chi connectivity index (χ1) is 30.3. The van der Waals surface area contributed by atoms with Crippen LogP contribution in [0.1, 0.15) is 22.3 Å². The largest absolute Gasteiger partial charge is 0.456 e. The Labute approximate surface area is 353 Å². The molecule has 1 spiro atoms. The average Bonchev–Trinajstić information content (AvgIpc) is 3.94. The number of para-hydroxylation sites is 2. The molecule has 0 fully saturated rings. The number of hydrogen-bond acceptors (Lipinski definition) is 1. The summed E-state index contributed by atoms with van der Waals surface area (Å²) in [5, 5.41) is 4.83. The SMILES string of the molecule is c1ccc(-n2c3ccccc3c3cc(-c4ccc5c6c(cccc46)-c4cc(-c6cccc7c6-c6ccccc6C76c7ccccc7-c7ccccc76)ccc4O5)ccc32)cc1. The molecule has 0 amide bonds. The van der Waals surface area contributed by atoms with Crippen LogP contribution in [-0.2, 0) is 5.41 Å². The van der Waals surface area contributed by atoms with Gasteiger partial charge in [-0.3, -0.25) is 0 Å². The van der Waals surface area contributed by atoms with E-state index in [-0.39, 0.29) is 5.41 Å². The Kier molecular flexibility index (Phi) is 6.52. The Bertz CT molecular complexity index is 3640. The third-order valence-electron chi connectivity index (χ3n) is 13.8. The molecule has 0 unspecified atom stereocenters. The Balaban J connectivity index is 0.942. The summed E-state index contributed by atoms with van der Waals surface area (Å²) in [6.07, 6.45) is 0. The molecule has 10 aromatic carbocycles. The van der Waals surface area contributed by atoms with Gasteiger partial charge in [0.15, 0.2) is 0 Å². The van der Waals surface area contributed by atoms with Gasteiger partial charge in [-0.1, -0.05) is 164 Å². The average molecular weight is 774 g/mol. The fraction of sp³-hybridized carbons (Fsp3) is 0.0169. The van der Waals surface area contributed by atoms with E-state index in [9.17, 15) is 0 Å². The Morgan fingerprint density at radius 1 is 0.328 bits per heavy atom. The molecule has 3 aliphatic rings. The summed E-state index contributed by atoms with van der Waals surface area (Å²) in [6, 6.07) is 78.3. The lowest BCUT2D eigenvalue weighted by Crippen LogP contribution is -2.25. The summed E-state index contributed by atoms with van der Waals surface area (Å²) in [4.78, 5) is 0. The first-order valence-electron chi connectivity index (χ1n) is 21.2. The van der Waals surface area contributed by atoms with E-state index in [4.69, 9.17) is 4.74 Å². The van der Waals surface area contributed by atoms with E-state index in [0.29, 0.717) is 0 Å². The Morgan fingerprint density at radius 3 is 1.72 bits per heavy atom. The molecular formula is C59H35NO. The first-order valence-corrected chi connectivity index (χ1v) is 21.2. The number of benzene rings is 10. The van der Waals surface area contributed by atoms with Gasteiger partial charge < -0.3 is 9.30 Å². The maximum atomic E-state index is 6.81. The molecule has 1 aromatic heterocycles. The zero-order valence-electron chi connectivity index (χ0n) is 33.1. The highest BCUT2D eigenvalue weighted by molar-refractivity contribution is 6.14. The van der Waals surface area contributed by atoms with Gasteiger partial charge in [0.2, 0.25) is 0 Å². The van der Waals surface area contributed by atoms with Gasteiger partial charge in [-0.2, -0.15) is 0 Å². The van der Waals surface area contributed by atoms with Gasteiger partial charge in [-0.05, 0) is 126 Å². The van der Waals surface area contributed by atoms with Crippen molar-refractivity contribution >= 4 is 32.6 Å². The second-order valence-corrected chi connectivity index (χ2v) is 16.7. The molecule has 11 aromatic rings. The van der Waals surface area contributed by atoms with Crippen molar-refractivity contribution < 1.29 is 4.74 Å². The van der Waals surface area contributed by atoms with Crippen LogP contribution in [0.25, 0.3) is 93.9 Å². The number of fused-ring (bicyclic) bond motifs is 15. The van der Waals surface area contributed by atoms with E-state index in [1.54, 1.807) is 0 Å². The maximum absolute atomic E-state index is 6.81.